The molecule has 3 N–H and O–H groups in total. The Hall–Kier alpha value is -1.55. The maximum absolute atomic E-state index is 12.3. The molecule has 0 bridgehead atoms. The highest BCUT2D eigenvalue weighted by atomic mass is 16.3. The van der Waals surface area contributed by atoms with Crippen molar-refractivity contribution in [3.63, 3.8) is 0 Å². The van der Waals surface area contributed by atoms with Crippen molar-refractivity contribution in [2.45, 2.75) is 30.7 Å². The van der Waals surface area contributed by atoms with Gasteiger partial charge in [-0.1, -0.05) is 18.2 Å². The third-order valence-electron chi connectivity index (χ3n) is 4.15. The Balaban J connectivity index is 1.75. The molecule has 96 valence electrons. The van der Waals surface area contributed by atoms with E-state index in [1.54, 1.807) is 0 Å². The summed E-state index contributed by atoms with van der Waals surface area (Å²) in [5, 5.41) is 15.7. The lowest BCUT2D eigenvalue weighted by Crippen LogP contribution is -2.57. The lowest BCUT2D eigenvalue weighted by atomic mass is 9.77. The summed E-state index contributed by atoms with van der Waals surface area (Å²) in [7, 11) is 0. The largest absolute Gasteiger partial charge is 0.394 e. The lowest BCUT2D eigenvalue weighted by molar-refractivity contribution is -0.126. The Bertz CT molecular complexity index is 463. The second kappa shape index (κ2) is 4.28. The highest BCUT2D eigenvalue weighted by Crippen LogP contribution is 2.35. The molecule has 0 aromatic heterocycles. The van der Waals surface area contributed by atoms with Crippen LogP contribution in [0.25, 0.3) is 0 Å². The summed E-state index contributed by atoms with van der Waals surface area (Å²) in [5.41, 5.74) is 1.75. The van der Waals surface area contributed by atoms with Gasteiger partial charge >= 0.3 is 0 Å². The fraction of sp³-hybridized carbons (Fsp3) is 0.500. The van der Waals surface area contributed by atoms with Crippen LogP contribution in [0.4, 0.5) is 5.69 Å². The van der Waals surface area contributed by atoms with Crippen LogP contribution in [0.1, 0.15) is 30.7 Å². The van der Waals surface area contributed by atoms with Crippen molar-refractivity contribution >= 4 is 11.6 Å². The average Bonchev–Trinajstić information content (AvgIpc) is 2.77. The summed E-state index contributed by atoms with van der Waals surface area (Å²) in [6.45, 7) is 0.688. The number of carbonyl (C=O) groups excluding carboxylic acids is 1. The van der Waals surface area contributed by atoms with Crippen LogP contribution < -0.4 is 10.6 Å². The van der Waals surface area contributed by atoms with Crippen LogP contribution in [0, 0.1) is 0 Å². The molecular weight excluding hydrogens is 228 g/mol. The van der Waals surface area contributed by atoms with Crippen molar-refractivity contribution < 1.29 is 9.90 Å². The van der Waals surface area contributed by atoms with E-state index in [0.29, 0.717) is 6.54 Å². The average molecular weight is 246 g/mol. The number of nitrogens with one attached hydrogen (secondary N) is 2. The van der Waals surface area contributed by atoms with E-state index in [0.717, 1.165) is 30.5 Å². The number of hydrogen-bond acceptors (Lipinski definition) is 3. The van der Waals surface area contributed by atoms with Crippen molar-refractivity contribution in [1.29, 1.82) is 0 Å². The molecule has 1 aromatic rings. The second-order valence-electron chi connectivity index (χ2n) is 5.30. The van der Waals surface area contributed by atoms with Gasteiger partial charge in [0.05, 0.1) is 18.1 Å². The van der Waals surface area contributed by atoms with E-state index in [2.05, 4.69) is 10.6 Å². The molecule has 0 radical (unpaired) electrons. The minimum absolute atomic E-state index is 0.0289. The molecular formula is C14H18N2O2. The fourth-order valence-electron chi connectivity index (χ4n) is 2.79. The summed E-state index contributed by atoms with van der Waals surface area (Å²) in [4.78, 5) is 12.3. The first-order chi connectivity index (χ1) is 8.74. The number of fused-ring (bicyclic) bond motifs is 1. The number of aliphatic hydroxyl groups excluding tert-OH is 1. The van der Waals surface area contributed by atoms with Gasteiger partial charge in [0, 0.05) is 12.2 Å². The molecule has 1 fully saturated rings. The summed E-state index contributed by atoms with van der Waals surface area (Å²) in [6.07, 6.45) is 2.86. The van der Waals surface area contributed by atoms with Crippen LogP contribution in [-0.2, 0) is 4.79 Å². The first kappa shape index (κ1) is 11.5. The lowest BCUT2D eigenvalue weighted by Gasteiger charge is -2.41. The monoisotopic (exact) mass is 246 g/mol. The molecule has 1 saturated carbocycles. The predicted octanol–water partition coefficient (Wildman–Crippen LogP) is 1.23. The first-order valence-electron chi connectivity index (χ1n) is 6.50. The molecule has 1 amide bonds. The van der Waals surface area contributed by atoms with Gasteiger partial charge in [0.25, 0.3) is 0 Å². The molecule has 3 rings (SSSR count). The van der Waals surface area contributed by atoms with E-state index in [1.165, 1.54) is 0 Å². The van der Waals surface area contributed by atoms with Crippen molar-refractivity contribution in [3.05, 3.63) is 29.8 Å². The van der Waals surface area contributed by atoms with Crippen LogP contribution in [0.15, 0.2) is 24.3 Å². The molecule has 1 atom stereocenters. The van der Waals surface area contributed by atoms with Gasteiger partial charge in [-0.3, -0.25) is 4.79 Å². The van der Waals surface area contributed by atoms with E-state index in [4.69, 9.17) is 0 Å². The molecule has 1 heterocycles. The minimum Gasteiger partial charge on any atom is -0.394 e. The van der Waals surface area contributed by atoms with Crippen LogP contribution in [-0.4, -0.2) is 29.7 Å². The smallest absolute Gasteiger partial charge is 0.229 e. The predicted molar refractivity (Wildman–Crippen MR) is 69.5 cm³/mol. The number of para-hydroxylation sites is 1. The van der Waals surface area contributed by atoms with E-state index in [9.17, 15) is 9.90 Å². The zero-order valence-corrected chi connectivity index (χ0v) is 10.3. The summed E-state index contributed by atoms with van der Waals surface area (Å²) >= 11 is 0. The number of benzene rings is 1. The zero-order valence-electron chi connectivity index (χ0n) is 10.3. The van der Waals surface area contributed by atoms with E-state index < -0.39 is 0 Å². The molecule has 0 saturated heterocycles. The third-order valence-corrected chi connectivity index (χ3v) is 4.15. The number of anilines is 1. The normalized spacial score (nSPS) is 23.7. The summed E-state index contributed by atoms with van der Waals surface area (Å²) in [6, 6.07) is 7.91. The maximum atomic E-state index is 12.3. The van der Waals surface area contributed by atoms with E-state index in [-0.39, 0.29) is 24.0 Å². The van der Waals surface area contributed by atoms with Gasteiger partial charge in [-0.25, -0.2) is 0 Å². The zero-order chi connectivity index (χ0) is 12.6. The van der Waals surface area contributed by atoms with Gasteiger partial charge < -0.3 is 15.7 Å². The maximum Gasteiger partial charge on any atom is 0.229 e. The van der Waals surface area contributed by atoms with Gasteiger partial charge in [-0.2, -0.15) is 0 Å². The van der Waals surface area contributed by atoms with Crippen LogP contribution in [0.2, 0.25) is 0 Å². The van der Waals surface area contributed by atoms with Crippen molar-refractivity contribution in [3.8, 4) is 0 Å². The Morgan fingerprint density at radius 3 is 2.89 bits per heavy atom. The highest BCUT2D eigenvalue weighted by molar-refractivity contribution is 5.88. The topological polar surface area (TPSA) is 61.4 Å². The number of aliphatic hydroxyl groups is 1. The molecule has 1 aliphatic carbocycles. The first-order valence-corrected chi connectivity index (χ1v) is 6.50. The molecule has 0 spiro atoms. The quantitative estimate of drug-likeness (QED) is 0.751. The molecule has 18 heavy (non-hydrogen) atoms. The number of amides is 1. The Kier molecular flexibility index (Phi) is 2.74. The molecule has 1 aromatic carbocycles. The summed E-state index contributed by atoms with van der Waals surface area (Å²) < 4.78 is 0. The Morgan fingerprint density at radius 2 is 2.22 bits per heavy atom. The van der Waals surface area contributed by atoms with Crippen LogP contribution >= 0.6 is 0 Å². The highest BCUT2D eigenvalue weighted by Gasteiger charge is 2.40. The van der Waals surface area contributed by atoms with Crippen LogP contribution in [0.5, 0.6) is 0 Å². The third kappa shape index (κ3) is 1.77. The van der Waals surface area contributed by atoms with Gasteiger partial charge in [-0.15, -0.1) is 0 Å². The molecule has 2 aliphatic rings. The number of hydrogen-bond donors (Lipinski definition) is 3. The fourth-order valence-corrected chi connectivity index (χ4v) is 2.79. The van der Waals surface area contributed by atoms with Crippen molar-refractivity contribution in [1.82, 2.24) is 5.32 Å². The van der Waals surface area contributed by atoms with Crippen molar-refractivity contribution in [2.75, 3.05) is 18.5 Å². The van der Waals surface area contributed by atoms with Crippen LogP contribution in [0.3, 0.4) is 0 Å². The van der Waals surface area contributed by atoms with Gasteiger partial charge in [0.2, 0.25) is 5.91 Å². The standard InChI is InChI=1S/C14H18N2O2/c17-9-14(6-3-7-14)16-13(18)11-8-15-12-5-2-1-4-10(11)12/h1-2,4-5,11,15,17H,3,6-9H2,(H,16,18). The SMILES string of the molecule is O=C(NC1(CO)CCC1)C1CNc2ccccc21. The van der Waals surface area contributed by atoms with Gasteiger partial charge in [0.15, 0.2) is 0 Å². The number of carbonyl (C=O) groups is 1. The van der Waals surface area contributed by atoms with E-state index >= 15 is 0 Å². The van der Waals surface area contributed by atoms with Gasteiger partial charge in [0.1, 0.15) is 0 Å². The summed E-state index contributed by atoms with van der Waals surface area (Å²) in [5.74, 6) is -0.105. The Labute approximate surface area is 106 Å². The second-order valence-corrected chi connectivity index (χ2v) is 5.30. The molecule has 4 heteroatoms. The van der Waals surface area contributed by atoms with E-state index in [1.807, 2.05) is 24.3 Å². The molecule has 1 unspecified atom stereocenters. The van der Waals surface area contributed by atoms with Crippen molar-refractivity contribution in [2.24, 2.45) is 0 Å². The number of rotatable bonds is 3. The van der Waals surface area contributed by atoms with Gasteiger partial charge in [-0.05, 0) is 30.9 Å². The Morgan fingerprint density at radius 1 is 1.44 bits per heavy atom. The minimum atomic E-state index is -0.353. The molecule has 4 nitrogen and oxygen atoms in total. The molecule has 1 aliphatic heterocycles.